The Labute approximate surface area is 257 Å². The zero-order chi connectivity index (χ0) is 27.4. The lowest BCUT2D eigenvalue weighted by Crippen LogP contribution is -3.20. The molecule has 224 valence electrons. The SMILES string of the molecule is O[C@]12C=C(c3nccc4c3[nH]c3ccccc34)[C@@H]3CCN(CCCC/C=C\CC1)C[C@@]31CC3/C=C\CCCC[NH+]3C12.[Cl-].[HH]. The van der Waals surface area contributed by atoms with Crippen LogP contribution in [0.25, 0.3) is 27.4 Å². The van der Waals surface area contributed by atoms with Gasteiger partial charge in [0.2, 0.25) is 0 Å². The number of pyridine rings is 1. The second kappa shape index (κ2) is 11.2. The minimum atomic E-state index is -0.861. The molecule has 3 aromatic rings. The second-order valence-corrected chi connectivity index (χ2v) is 13.7. The first-order chi connectivity index (χ1) is 20.2. The molecule has 0 amide bonds. The highest BCUT2D eigenvalue weighted by molar-refractivity contribution is 6.09. The molecule has 8 rings (SSSR count). The van der Waals surface area contributed by atoms with Crippen LogP contribution in [0, 0.1) is 11.3 Å². The summed E-state index contributed by atoms with van der Waals surface area (Å²) in [6.45, 7) is 4.60. The van der Waals surface area contributed by atoms with Gasteiger partial charge in [0.1, 0.15) is 17.7 Å². The third-order valence-corrected chi connectivity index (χ3v) is 11.4. The van der Waals surface area contributed by atoms with Gasteiger partial charge in [-0.2, -0.15) is 0 Å². The van der Waals surface area contributed by atoms with Gasteiger partial charge in [0, 0.05) is 36.9 Å². The molecule has 6 heterocycles. The van der Waals surface area contributed by atoms with Crippen LogP contribution >= 0.6 is 0 Å². The van der Waals surface area contributed by atoms with Crippen LogP contribution in [-0.2, 0) is 0 Å². The fourth-order valence-electron chi connectivity index (χ4n) is 9.84. The van der Waals surface area contributed by atoms with E-state index in [9.17, 15) is 5.11 Å². The van der Waals surface area contributed by atoms with Crippen LogP contribution in [-0.4, -0.2) is 63.8 Å². The summed E-state index contributed by atoms with van der Waals surface area (Å²) in [5, 5.41) is 15.6. The van der Waals surface area contributed by atoms with E-state index in [1.54, 1.807) is 4.90 Å². The number of piperidine rings is 1. The fourth-order valence-corrected chi connectivity index (χ4v) is 9.84. The topological polar surface area (TPSA) is 56.6 Å². The molecule has 42 heavy (non-hydrogen) atoms. The molecule has 2 aromatic heterocycles. The lowest BCUT2D eigenvalue weighted by molar-refractivity contribution is -0.940. The predicted molar refractivity (Wildman–Crippen MR) is 169 cm³/mol. The molecule has 4 unspecified atom stereocenters. The van der Waals surface area contributed by atoms with Crippen LogP contribution in [0.2, 0.25) is 0 Å². The maximum atomic E-state index is 13.1. The molecule has 2 fully saturated rings. The monoisotopic (exact) mass is 586 g/mol. The number of aliphatic hydroxyl groups is 1. The fraction of sp³-hybridized carbons (Fsp3) is 0.528. The van der Waals surface area contributed by atoms with Crippen molar-refractivity contribution in [1.29, 1.82) is 0 Å². The lowest BCUT2D eigenvalue weighted by Gasteiger charge is -2.55. The average molecular weight is 587 g/mol. The summed E-state index contributed by atoms with van der Waals surface area (Å²) in [4.78, 5) is 13.3. The van der Waals surface area contributed by atoms with Gasteiger partial charge in [-0.05, 0) is 107 Å². The number of nitrogens with zero attached hydrogens (tertiary/aromatic N) is 2. The van der Waals surface area contributed by atoms with Crippen molar-refractivity contribution in [2.75, 3.05) is 26.2 Å². The molecule has 3 N–H and O–H groups in total. The Morgan fingerprint density at radius 1 is 0.976 bits per heavy atom. The highest BCUT2D eigenvalue weighted by atomic mass is 35.5. The van der Waals surface area contributed by atoms with Crippen LogP contribution in [0.5, 0.6) is 0 Å². The molecule has 3 bridgehead atoms. The number of H-pyrrole nitrogens is 1. The number of fused-ring (bicyclic) bond motifs is 5. The second-order valence-electron chi connectivity index (χ2n) is 13.7. The maximum Gasteiger partial charge on any atom is 0.136 e. The van der Waals surface area contributed by atoms with Crippen LogP contribution in [0.4, 0.5) is 0 Å². The standard InChI is InChI=1S/C36H44N4O.ClH.H2/c41-36-18-10-4-1-2-5-11-20-39-22-17-30(35(25-39)23-26-13-7-3-6-12-21-40(26)34(35)36)29(24-36)32-33-28(16-19-37-32)27-14-8-9-15-31(27)38-33;;/h1,4,7-9,13-16,19,24,26,30,34,38,41H,2-3,5-6,10-12,17-18,20-23,25H2;2*1H/b4-1-,13-7-;;/t26?,30-,34?,35-,36-;;/m0../s1. The van der Waals surface area contributed by atoms with E-state index in [2.05, 4.69) is 70.6 Å². The summed E-state index contributed by atoms with van der Waals surface area (Å²) in [6.07, 6.45) is 25.5. The molecule has 1 spiro atoms. The van der Waals surface area contributed by atoms with Crippen molar-refractivity contribution in [1.82, 2.24) is 14.9 Å². The molecule has 6 heteroatoms. The van der Waals surface area contributed by atoms with Crippen molar-refractivity contribution in [2.24, 2.45) is 11.3 Å². The van der Waals surface area contributed by atoms with Crippen molar-refractivity contribution in [3.63, 3.8) is 0 Å². The number of halogens is 1. The molecule has 1 aliphatic carbocycles. The van der Waals surface area contributed by atoms with Crippen LogP contribution in [0.15, 0.2) is 66.9 Å². The Morgan fingerprint density at radius 3 is 2.79 bits per heavy atom. The molecule has 2 saturated heterocycles. The lowest BCUT2D eigenvalue weighted by atomic mass is 9.54. The molecular formula is C36H47ClN4O. The number of benzene rings is 1. The van der Waals surface area contributed by atoms with Crippen molar-refractivity contribution in [3.05, 3.63) is 72.6 Å². The van der Waals surface area contributed by atoms with Gasteiger partial charge in [-0.1, -0.05) is 36.4 Å². The van der Waals surface area contributed by atoms with E-state index in [0.717, 1.165) is 55.5 Å². The van der Waals surface area contributed by atoms with Crippen LogP contribution < -0.4 is 17.3 Å². The Morgan fingerprint density at radius 2 is 1.83 bits per heavy atom. The molecule has 0 saturated carbocycles. The van der Waals surface area contributed by atoms with Crippen molar-refractivity contribution in [2.45, 2.75) is 81.9 Å². The smallest absolute Gasteiger partial charge is 0.136 e. The molecule has 0 radical (unpaired) electrons. The first-order valence-corrected chi connectivity index (χ1v) is 16.4. The number of aromatic nitrogens is 2. The molecule has 4 aliphatic heterocycles. The van der Waals surface area contributed by atoms with Gasteiger partial charge in [-0.15, -0.1) is 0 Å². The van der Waals surface area contributed by atoms with Crippen LogP contribution in [0.1, 0.15) is 71.3 Å². The third kappa shape index (κ3) is 4.51. The molecular weight excluding hydrogens is 540 g/mol. The van der Waals surface area contributed by atoms with E-state index in [4.69, 9.17) is 4.98 Å². The highest BCUT2D eigenvalue weighted by Gasteiger charge is 2.68. The first kappa shape index (κ1) is 28.3. The summed E-state index contributed by atoms with van der Waals surface area (Å²) < 4.78 is 0. The normalized spacial score (nSPS) is 38.0. The average Bonchev–Trinajstić information content (AvgIpc) is 3.49. The molecule has 7 atom stereocenters. The van der Waals surface area contributed by atoms with Gasteiger partial charge in [-0.25, -0.2) is 0 Å². The van der Waals surface area contributed by atoms with E-state index in [1.165, 1.54) is 68.0 Å². The molecule has 1 aromatic carbocycles. The third-order valence-electron chi connectivity index (χ3n) is 11.4. The Kier molecular flexibility index (Phi) is 7.59. The summed E-state index contributed by atoms with van der Waals surface area (Å²) in [5.41, 5.74) is 3.85. The number of nitrogens with one attached hydrogen (secondary N) is 2. The highest BCUT2D eigenvalue weighted by Crippen LogP contribution is 2.57. The van der Waals surface area contributed by atoms with Gasteiger partial charge < -0.3 is 32.3 Å². The number of rotatable bonds is 1. The Bertz CT molecular complexity index is 1550. The van der Waals surface area contributed by atoms with Gasteiger partial charge in [-0.3, -0.25) is 4.98 Å². The first-order valence-electron chi connectivity index (χ1n) is 16.4. The van der Waals surface area contributed by atoms with Crippen molar-refractivity contribution in [3.8, 4) is 0 Å². The van der Waals surface area contributed by atoms with Crippen molar-refractivity contribution >= 4 is 27.4 Å². The number of para-hydroxylation sites is 1. The van der Waals surface area contributed by atoms with Gasteiger partial charge in [0.25, 0.3) is 0 Å². The quantitative estimate of drug-likeness (QED) is 0.385. The van der Waals surface area contributed by atoms with E-state index in [0.29, 0.717) is 12.0 Å². The number of aromatic amines is 1. The van der Waals surface area contributed by atoms with Gasteiger partial charge >= 0.3 is 0 Å². The zero-order valence-electron chi connectivity index (χ0n) is 24.7. The molecule has 5 aliphatic rings. The minimum absolute atomic E-state index is 0. The maximum absolute atomic E-state index is 13.1. The minimum Gasteiger partial charge on any atom is -1.00 e. The van der Waals surface area contributed by atoms with Crippen molar-refractivity contribution < 1.29 is 23.8 Å². The van der Waals surface area contributed by atoms with Crippen LogP contribution in [0.3, 0.4) is 0 Å². The summed E-state index contributed by atoms with van der Waals surface area (Å²) >= 11 is 0. The predicted octanol–water partition coefficient (Wildman–Crippen LogP) is 2.69. The number of hydrogen-bond donors (Lipinski definition) is 3. The Balaban J connectivity index is 0.00000165. The number of hydrogen-bond acceptors (Lipinski definition) is 3. The van der Waals surface area contributed by atoms with E-state index < -0.39 is 5.60 Å². The Hall–Kier alpha value is -2.44. The number of allylic oxidation sites excluding steroid dienone is 4. The van der Waals surface area contributed by atoms with Gasteiger partial charge in [0.15, 0.2) is 0 Å². The summed E-state index contributed by atoms with van der Waals surface area (Å²) in [6, 6.07) is 11.5. The summed E-state index contributed by atoms with van der Waals surface area (Å²) in [7, 11) is 0. The zero-order valence-corrected chi connectivity index (χ0v) is 25.5. The molecule has 5 nitrogen and oxygen atoms in total. The summed E-state index contributed by atoms with van der Waals surface area (Å²) in [5.74, 6) is 0.406. The van der Waals surface area contributed by atoms with E-state index >= 15 is 0 Å². The number of quaternary nitrogens is 1. The van der Waals surface area contributed by atoms with E-state index in [-0.39, 0.29) is 25.3 Å². The largest absolute Gasteiger partial charge is 1.00 e. The van der Waals surface area contributed by atoms with Gasteiger partial charge in [0.05, 0.1) is 23.2 Å². The van der Waals surface area contributed by atoms with E-state index in [1.807, 2.05) is 6.20 Å².